The summed E-state index contributed by atoms with van der Waals surface area (Å²) in [6, 6.07) is 0. The van der Waals surface area contributed by atoms with Gasteiger partial charge in [-0.15, -0.1) is 0 Å². The van der Waals surface area contributed by atoms with Crippen LogP contribution in [-0.2, 0) is 4.79 Å². The molecule has 0 spiro atoms. The number of aliphatic hydroxyl groups is 1. The largest absolute Gasteiger partial charge is 0.508 e. The fourth-order valence-corrected chi connectivity index (χ4v) is 1.63. The Labute approximate surface area is 105 Å². The van der Waals surface area contributed by atoms with E-state index in [-0.39, 0.29) is 38.8 Å². The summed E-state index contributed by atoms with van der Waals surface area (Å²) in [5.74, 6) is 0.534. The van der Waals surface area contributed by atoms with Gasteiger partial charge in [-0.3, -0.25) is 0 Å². The van der Waals surface area contributed by atoms with E-state index >= 15 is 0 Å². The fourth-order valence-electron chi connectivity index (χ4n) is 1.63. The van der Waals surface area contributed by atoms with E-state index in [1.54, 1.807) is 6.08 Å². The van der Waals surface area contributed by atoms with Gasteiger partial charge in [0.15, 0.2) is 0 Å². The van der Waals surface area contributed by atoms with Crippen molar-refractivity contribution < 1.29 is 9.90 Å². The van der Waals surface area contributed by atoms with Gasteiger partial charge in [0.25, 0.3) is 0 Å². The summed E-state index contributed by atoms with van der Waals surface area (Å²) in [6.45, 7) is 5.87. The maximum atomic E-state index is 10.7. The normalized spacial score (nSPS) is 24.5. The number of aliphatic hydroxyl groups excluding tert-OH is 1. The van der Waals surface area contributed by atoms with Crippen LogP contribution in [0.2, 0.25) is 0 Å². The van der Waals surface area contributed by atoms with E-state index in [1.165, 1.54) is 0 Å². The summed E-state index contributed by atoms with van der Waals surface area (Å²) in [5, 5.41) is 9.61. The molecule has 1 aliphatic carbocycles. The molecule has 0 saturated carbocycles. The molecule has 88 valence electrons. The maximum absolute atomic E-state index is 10.7. The van der Waals surface area contributed by atoms with E-state index < -0.39 is 0 Å². The van der Waals surface area contributed by atoms with Crippen molar-refractivity contribution in [1.82, 2.24) is 0 Å². The van der Waals surface area contributed by atoms with Crippen molar-refractivity contribution in [3.8, 4) is 0 Å². The van der Waals surface area contributed by atoms with Gasteiger partial charge in [-0.05, 0) is 37.8 Å². The van der Waals surface area contributed by atoms with Gasteiger partial charge in [0.2, 0.25) is 0 Å². The van der Waals surface area contributed by atoms with Gasteiger partial charge in [-0.1, -0.05) is 12.5 Å². The Bertz CT molecular complexity index is 278. The Morgan fingerprint density at radius 3 is 2.40 bits per heavy atom. The summed E-state index contributed by atoms with van der Waals surface area (Å²) in [5.41, 5.74) is 2.02. The van der Waals surface area contributed by atoms with Crippen LogP contribution < -0.4 is 0 Å². The van der Waals surface area contributed by atoms with Gasteiger partial charge in [-0.25, -0.2) is 0 Å². The average molecular weight is 248 g/mol. The van der Waals surface area contributed by atoms with Crippen molar-refractivity contribution in [2.24, 2.45) is 11.8 Å². The monoisotopic (exact) mass is 248 g/mol. The van der Waals surface area contributed by atoms with Crippen LogP contribution in [0.15, 0.2) is 23.0 Å². The van der Waals surface area contributed by atoms with Gasteiger partial charge in [0.05, 0.1) is 0 Å². The van der Waals surface area contributed by atoms with Crippen molar-refractivity contribution in [1.29, 1.82) is 0 Å². The first-order chi connectivity index (χ1) is 6.06. The Morgan fingerprint density at radius 2 is 2.00 bits per heavy atom. The number of rotatable bonds is 1. The van der Waals surface area contributed by atoms with Gasteiger partial charge in [-0.2, -0.15) is 27.0 Å². The van der Waals surface area contributed by atoms with Crippen LogP contribution in [0.5, 0.6) is 0 Å². The first-order valence-corrected chi connectivity index (χ1v) is 4.59. The molecule has 0 aromatic rings. The minimum Gasteiger partial charge on any atom is -0.508 e. The topological polar surface area (TPSA) is 37.3 Å². The number of allylic oxidation sites excluding steroid dienone is 3. The molecule has 15 heavy (non-hydrogen) atoms. The zero-order valence-corrected chi connectivity index (χ0v) is 11.4. The molecular formula is C11H20O2S2. The Hall–Kier alpha value is -0.350. The predicted octanol–water partition coefficient (Wildman–Crippen LogP) is 2.85. The van der Waals surface area contributed by atoms with E-state index in [1.807, 2.05) is 20.8 Å². The van der Waals surface area contributed by atoms with Crippen LogP contribution in [0.25, 0.3) is 0 Å². The molecule has 1 aliphatic rings. The maximum Gasteiger partial charge on any atom is 0.123 e. The molecule has 4 heteroatoms. The second-order valence-corrected chi connectivity index (χ2v) is 3.89. The third-order valence-electron chi connectivity index (χ3n) is 2.62. The zero-order valence-electron chi connectivity index (χ0n) is 9.37. The highest BCUT2D eigenvalue weighted by molar-refractivity contribution is 7.59. The number of hydrogen-bond acceptors (Lipinski definition) is 2. The first kappa shape index (κ1) is 17.1. The molecule has 0 amide bonds. The van der Waals surface area contributed by atoms with E-state index in [9.17, 15) is 9.90 Å². The second-order valence-electron chi connectivity index (χ2n) is 3.89. The van der Waals surface area contributed by atoms with Gasteiger partial charge < -0.3 is 9.90 Å². The molecule has 0 bridgehead atoms. The van der Waals surface area contributed by atoms with Gasteiger partial charge >= 0.3 is 0 Å². The number of hydrogen-bond donors (Lipinski definition) is 1. The SMILES string of the molecule is CC(C)=C1CC(C=O)C(C)C=C1O.S.S. The van der Waals surface area contributed by atoms with Gasteiger partial charge in [0.1, 0.15) is 12.0 Å². The molecule has 0 radical (unpaired) electrons. The lowest BCUT2D eigenvalue weighted by Gasteiger charge is -2.24. The standard InChI is InChI=1S/C11H16O2.2H2S/c1-7(2)10-5-9(6-12)8(3)4-11(10)13;;/h4,6,8-9,13H,5H2,1-3H3;2*1H2. The van der Waals surface area contributed by atoms with Gasteiger partial charge in [0, 0.05) is 5.92 Å². The number of carbonyl (C=O) groups is 1. The van der Waals surface area contributed by atoms with E-state index in [2.05, 4.69) is 0 Å². The molecule has 0 fully saturated rings. The van der Waals surface area contributed by atoms with Crippen molar-refractivity contribution in [3.05, 3.63) is 23.0 Å². The highest BCUT2D eigenvalue weighted by Gasteiger charge is 2.24. The van der Waals surface area contributed by atoms with Crippen molar-refractivity contribution in [3.63, 3.8) is 0 Å². The van der Waals surface area contributed by atoms with Crippen LogP contribution in [0.4, 0.5) is 0 Å². The zero-order chi connectivity index (χ0) is 10.0. The molecule has 0 aromatic heterocycles. The van der Waals surface area contributed by atoms with Crippen LogP contribution in [0.3, 0.4) is 0 Å². The third kappa shape index (κ3) is 3.95. The molecule has 0 heterocycles. The Morgan fingerprint density at radius 1 is 1.47 bits per heavy atom. The first-order valence-electron chi connectivity index (χ1n) is 4.59. The predicted molar refractivity (Wildman–Crippen MR) is 73.2 cm³/mol. The second kappa shape index (κ2) is 7.01. The molecule has 2 nitrogen and oxygen atoms in total. The molecule has 2 atom stereocenters. The van der Waals surface area contributed by atoms with Crippen LogP contribution in [0, 0.1) is 11.8 Å². The third-order valence-corrected chi connectivity index (χ3v) is 2.62. The quantitative estimate of drug-likeness (QED) is 0.725. The molecule has 0 saturated heterocycles. The number of carbonyl (C=O) groups excluding carboxylic acids is 1. The van der Waals surface area contributed by atoms with E-state index in [4.69, 9.17) is 0 Å². The Balaban J connectivity index is 0. The Kier molecular flexibility index (Phi) is 7.97. The molecule has 0 aromatic carbocycles. The minimum atomic E-state index is 0. The molecule has 1 rings (SSSR count). The summed E-state index contributed by atoms with van der Waals surface area (Å²) in [4.78, 5) is 10.7. The number of aldehydes is 1. The molecule has 0 aliphatic heterocycles. The smallest absolute Gasteiger partial charge is 0.123 e. The fraction of sp³-hybridized carbons (Fsp3) is 0.545. The molecule has 2 unspecified atom stereocenters. The summed E-state index contributed by atoms with van der Waals surface area (Å²) < 4.78 is 0. The summed E-state index contributed by atoms with van der Waals surface area (Å²) in [7, 11) is 0. The average Bonchev–Trinajstić information content (AvgIpc) is 2.03. The van der Waals surface area contributed by atoms with Crippen molar-refractivity contribution >= 4 is 33.3 Å². The van der Waals surface area contributed by atoms with Crippen molar-refractivity contribution in [2.45, 2.75) is 27.2 Å². The summed E-state index contributed by atoms with van der Waals surface area (Å²) >= 11 is 0. The lowest BCUT2D eigenvalue weighted by Crippen LogP contribution is -2.18. The molecular weight excluding hydrogens is 228 g/mol. The lowest BCUT2D eigenvalue weighted by molar-refractivity contribution is -0.112. The van der Waals surface area contributed by atoms with E-state index in [0.717, 1.165) is 17.4 Å². The minimum absolute atomic E-state index is 0. The van der Waals surface area contributed by atoms with Crippen LogP contribution >= 0.6 is 27.0 Å². The summed E-state index contributed by atoms with van der Waals surface area (Å²) in [6.07, 6.45) is 3.43. The highest BCUT2D eigenvalue weighted by Crippen LogP contribution is 2.31. The van der Waals surface area contributed by atoms with Crippen LogP contribution in [0.1, 0.15) is 27.2 Å². The molecule has 1 N–H and O–H groups in total. The van der Waals surface area contributed by atoms with Crippen LogP contribution in [-0.4, -0.2) is 11.4 Å². The highest BCUT2D eigenvalue weighted by atomic mass is 32.1. The lowest BCUT2D eigenvalue weighted by atomic mass is 9.81. The van der Waals surface area contributed by atoms with E-state index in [0.29, 0.717) is 12.2 Å². The van der Waals surface area contributed by atoms with Crippen molar-refractivity contribution in [2.75, 3.05) is 0 Å².